The predicted molar refractivity (Wildman–Crippen MR) is 167 cm³/mol. The van der Waals surface area contributed by atoms with Crippen molar-refractivity contribution in [1.82, 2.24) is 9.80 Å². The van der Waals surface area contributed by atoms with Crippen LogP contribution in [0.15, 0.2) is 41.3 Å². The molecule has 0 N–H and O–H groups in total. The number of benzene rings is 2. The highest BCUT2D eigenvalue weighted by Gasteiger charge is 2.30. The van der Waals surface area contributed by atoms with E-state index in [9.17, 15) is 9.59 Å². The van der Waals surface area contributed by atoms with Gasteiger partial charge in [-0.2, -0.15) is 0 Å². The van der Waals surface area contributed by atoms with Crippen LogP contribution in [0.1, 0.15) is 87.0 Å². The Labute approximate surface area is 247 Å². The zero-order chi connectivity index (χ0) is 28.9. The van der Waals surface area contributed by atoms with Gasteiger partial charge in [0.05, 0.1) is 6.54 Å². The van der Waals surface area contributed by atoms with Crippen LogP contribution in [-0.4, -0.2) is 59.7 Å². The molecule has 2 aromatic rings. The molecule has 0 amide bonds. The molecule has 0 aliphatic carbocycles. The van der Waals surface area contributed by atoms with Crippen LogP contribution in [0.2, 0.25) is 0 Å². The molecule has 220 valence electrons. The molecule has 1 fully saturated rings. The monoisotopic (exact) mass is 566 g/mol. The number of hydrogen-bond donors (Lipinski definition) is 0. The number of thioether (sulfide) groups is 1. The molecule has 2 aromatic carbocycles. The van der Waals surface area contributed by atoms with E-state index in [1.807, 2.05) is 38.1 Å². The number of unbranched alkanes of at least 4 members (excludes halogenated alkanes) is 5. The second kappa shape index (κ2) is 17.0. The fourth-order valence-electron chi connectivity index (χ4n) is 5.65. The van der Waals surface area contributed by atoms with Crippen LogP contribution in [0.4, 0.5) is 0 Å². The molecule has 0 bridgehead atoms. The molecule has 0 aromatic heterocycles. The van der Waals surface area contributed by atoms with E-state index in [1.165, 1.54) is 48.6 Å². The van der Waals surface area contributed by atoms with Crippen LogP contribution in [0.25, 0.3) is 0 Å². The van der Waals surface area contributed by atoms with Gasteiger partial charge in [0, 0.05) is 4.90 Å². The van der Waals surface area contributed by atoms with Gasteiger partial charge in [0.25, 0.3) is 0 Å². The Hall–Kier alpha value is -2.15. The number of para-hydroxylation sites is 1. The maximum Gasteiger partial charge on any atom is 0.328 e. The topological polar surface area (TPSA) is 49.9 Å². The Morgan fingerprint density at radius 1 is 0.875 bits per heavy atom. The minimum absolute atomic E-state index is 0.0940. The zero-order valence-corrected chi connectivity index (χ0v) is 26.3. The Balaban J connectivity index is 1.31. The number of piperidine rings is 1. The molecule has 0 saturated carbocycles. The maximum absolute atomic E-state index is 13.1. The standard InChI is InChI=1S/C34H50N2O3S/c1-6-35(25-31(37)40-33-28(4)19-16-20-29(33)5)22-12-9-7-8-10-13-23-36-24-14-11-21-30(36)34(38)39-32-26(2)17-15-18-27(32)3/h15-20,30H,6-14,21-25H2,1-5H3/t30-/m1/s1. The highest BCUT2D eigenvalue weighted by Crippen LogP contribution is 2.28. The van der Waals surface area contributed by atoms with Gasteiger partial charge in [0.15, 0.2) is 0 Å². The van der Waals surface area contributed by atoms with Crippen LogP contribution in [0.5, 0.6) is 5.75 Å². The Morgan fingerprint density at radius 2 is 1.48 bits per heavy atom. The van der Waals surface area contributed by atoms with Crippen molar-refractivity contribution in [3.05, 3.63) is 58.7 Å². The number of likely N-dealkylation sites (N-methyl/N-ethyl adjacent to an activating group) is 1. The summed E-state index contributed by atoms with van der Waals surface area (Å²) in [4.78, 5) is 31.5. The third kappa shape index (κ3) is 10.0. The first-order valence-corrected chi connectivity index (χ1v) is 16.1. The minimum Gasteiger partial charge on any atom is -0.425 e. The van der Waals surface area contributed by atoms with Crippen LogP contribution < -0.4 is 4.74 Å². The van der Waals surface area contributed by atoms with Gasteiger partial charge in [0.2, 0.25) is 5.12 Å². The third-order valence-electron chi connectivity index (χ3n) is 8.09. The molecule has 1 heterocycles. The van der Waals surface area contributed by atoms with Gasteiger partial charge in [-0.1, -0.05) is 87.2 Å². The van der Waals surface area contributed by atoms with E-state index in [2.05, 4.69) is 42.7 Å². The first-order chi connectivity index (χ1) is 19.3. The number of likely N-dealkylation sites (tertiary alicyclic amines) is 1. The van der Waals surface area contributed by atoms with Crippen molar-refractivity contribution in [2.45, 2.75) is 103 Å². The quantitative estimate of drug-likeness (QED) is 0.0955. The molecule has 1 saturated heterocycles. The van der Waals surface area contributed by atoms with E-state index in [0.29, 0.717) is 6.54 Å². The molecular formula is C34H50N2O3S. The van der Waals surface area contributed by atoms with E-state index < -0.39 is 0 Å². The smallest absolute Gasteiger partial charge is 0.328 e. The summed E-state index contributed by atoms with van der Waals surface area (Å²) in [6, 6.07) is 12.1. The van der Waals surface area contributed by atoms with Crippen molar-refractivity contribution in [3.8, 4) is 5.75 Å². The lowest BCUT2D eigenvalue weighted by atomic mass is 10.0. The lowest BCUT2D eigenvalue weighted by molar-refractivity contribution is -0.141. The van der Waals surface area contributed by atoms with Crippen molar-refractivity contribution in [1.29, 1.82) is 0 Å². The fourth-order valence-corrected chi connectivity index (χ4v) is 6.58. The molecule has 0 unspecified atom stereocenters. The number of ether oxygens (including phenoxy) is 1. The van der Waals surface area contributed by atoms with Gasteiger partial charge in [0.1, 0.15) is 11.8 Å². The summed E-state index contributed by atoms with van der Waals surface area (Å²) < 4.78 is 5.90. The molecule has 40 heavy (non-hydrogen) atoms. The lowest BCUT2D eigenvalue weighted by Gasteiger charge is -2.34. The molecule has 6 heteroatoms. The molecule has 1 aliphatic rings. The van der Waals surface area contributed by atoms with E-state index >= 15 is 0 Å². The first-order valence-electron chi connectivity index (χ1n) is 15.3. The average molecular weight is 567 g/mol. The van der Waals surface area contributed by atoms with Crippen molar-refractivity contribution < 1.29 is 14.3 Å². The van der Waals surface area contributed by atoms with Gasteiger partial charge < -0.3 is 4.74 Å². The van der Waals surface area contributed by atoms with E-state index in [4.69, 9.17) is 4.74 Å². The Bertz CT molecular complexity index is 1060. The van der Waals surface area contributed by atoms with Crippen molar-refractivity contribution in [3.63, 3.8) is 0 Å². The number of carbonyl (C=O) groups excluding carboxylic acids is 2. The molecular weight excluding hydrogens is 516 g/mol. The van der Waals surface area contributed by atoms with Crippen LogP contribution >= 0.6 is 11.8 Å². The molecule has 0 radical (unpaired) electrons. The van der Waals surface area contributed by atoms with Gasteiger partial charge in [-0.15, -0.1) is 0 Å². The van der Waals surface area contributed by atoms with Crippen LogP contribution in [0.3, 0.4) is 0 Å². The highest BCUT2D eigenvalue weighted by atomic mass is 32.2. The van der Waals surface area contributed by atoms with Crippen molar-refractivity contribution >= 4 is 22.8 Å². The van der Waals surface area contributed by atoms with E-state index in [0.717, 1.165) is 80.1 Å². The summed E-state index contributed by atoms with van der Waals surface area (Å²) in [5.74, 6) is 0.632. The predicted octanol–water partition coefficient (Wildman–Crippen LogP) is 7.66. The minimum atomic E-state index is -0.122. The molecule has 0 spiro atoms. The second-order valence-corrected chi connectivity index (χ2v) is 12.4. The number of rotatable bonds is 15. The average Bonchev–Trinajstić information content (AvgIpc) is 2.93. The maximum atomic E-state index is 13.1. The van der Waals surface area contributed by atoms with Gasteiger partial charge >= 0.3 is 5.97 Å². The Kier molecular flexibility index (Phi) is 13.7. The van der Waals surface area contributed by atoms with Crippen molar-refractivity contribution in [2.24, 2.45) is 0 Å². The number of hydrogen-bond acceptors (Lipinski definition) is 6. The number of nitrogens with zero attached hydrogens (tertiary/aromatic N) is 2. The van der Waals surface area contributed by atoms with Gasteiger partial charge in [-0.05, 0) is 102 Å². The Morgan fingerprint density at radius 3 is 2.12 bits per heavy atom. The summed E-state index contributed by atoms with van der Waals surface area (Å²) in [7, 11) is 0. The first kappa shape index (κ1) is 32.4. The summed E-state index contributed by atoms with van der Waals surface area (Å²) in [6.07, 6.45) is 10.2. The lowest BCUT2D eigenvalue weighted by Crippen LogP contribution is -2.46. The van der Waals surface area contributed by atoms with E-state index in [-0.39, 0.29) is 17.1 Å². The molecule has 1 atom stereocenters. The summed E-state index contributed by atoms with van der Waals surface area (Å²) in [5.41, 5.74) is 4.38. The van der Waals surface area contributed by atoms with Crippen molar-refractivity contribution in [2.75, 3.05) is 32.7 Å². The summed E-state index contributed by atoms with van der Waals surface area (Å²) in [6.45, 7) is 14.6. The molecule has 1 aliphatic heterocycles. The number of carbonyl (C=O) groups is 2. The normalized spacial score (nSPS) is 15.9. The van der Waals surface area contributed by atoms with Gasteiger partial charge in [-0.3, -0.25) is 14.6 Å². The van der Waals surface area contributed by atoms with E-state index in [1.54, 1.807) is 0 Å². The summed E-state index contributed by atoms with van der Waals surface area (Å²) in [5, 5.41) is 0.230. The zero-order valence-electron chi connectivity index (χ0n) is 25.5. The highest BCUT2D eigenvalue weighted by molar-refractivity contribution is 8.13. The molecule has 5 nitrogen and oxygen atoms in total. The SMILES string of the molecule is CCN(CCCCCCCCN1CCCC[C@@H]1C(=O)Oc1c(C)cccc1C)CC(=O)Sc1c(C)cccc1C. The number of esters is 1. The second-order valence-electron chi connectivity index (χ2n) is 11.4. The largest absolute Gasteiger partial charge is 0.425 e. The van der Waals surface area contributed by atoms with Gasteiger partial charge in [-0.25, -0.2) is 4.79 Å². The summed E-state index contributed by atoms with van der Waals surface area (Å²) >= 11 is 1.39. The van der Waals surface area contributed by atoms with Crippen LogP contribution in [0, 0.1) is 27.7 Å². The number of aryl methyl sites for hydroxylation is 4. The fraction of sp³-hybridized carbons (Fsp3) is 0.588. The molecule has 3 rings (SSSR count). The third-order valence-corrected chi connectivity index (χ3v) is 9.30. The van der Waals surface area contributed by atoms with Crippen LogP contribution in [-0.2, 0) is 9.59 Å².